The van der Waals surface area contributed by atoms with E-state index in [4.69, 9.17) is 0 Å². The Morgan fingerprint density at radius 1 is 1.47 bits per heavy atom. The number of ketones is 1. The van der Waals surface area contributed by atoms with Crippen molar-refractivity contribution in [2.24, 2.45) is 5.92 Å². The van der Waals surface area contributed by atoms with E-state index in [0.717, 1.165) is 25.9 Å². The van der Waals surface area contributed by atoms with E-state index < -0.39 is 0 Å². The van der Waals surface area contributed by atoms with Crippen molar-refractivity contribution in [3.63, 3.8) is 0 Å². The van der Waals surface area contributed by atoms with Gasteiger partial charge in [0.05, 0.1) is 6.04 Å². The van der Waals surface area contributed by atoms with Crippen LogP contribution in [0.15, 0.2) is 12.7 Å². The molecule has 0 aromatic carbocycles. The second-order valence-electron chi connectivity index (χ2n) is 4.63. The molecule has 0 aromatic heterocycles. The van der Waals surface area contributed by atoms with Crippen LogP contribution in [-0.4, -0.2) is 42.3 Å². The number of hydrogen-bond acceptors (Lipinski definition) is 3. The summed E-state index contributed by atoms with van der Waals surface area (Å²) in [6.45, 7) is 9.29. The normalized spacial score (nSPS) is 19.6. The van der Waals surface area contributed by atoms with Gasteiger partial charge in [0.15, 0.2) is 0 Å². The Bertz CT molecular complexity index is 294. The third-order valence-electron chi connectivity index (χ3n) is 3.45. The predicted octanol–water partition coefficient (Wildman–Crippen LogP) is 0.978. The van der Waals surface area contributed by atoms with E-state index in [2.05, 4.69) is 16.8 Å². The lowest BCUT2D eigenvalue weighted by Crippen LogP contribution is -2.48. The van der Waals surface area contributed by atoms with Crippen LogP contribution in [0.1, 0.15) is 26.7 Å². The zero-order chi connectivity index (χ0) is 12.8. The van der Waals surface area contributed by atoms with Gasteiger partial charge in [0.2, 0.25) is 5.91 Å². The second kappa shape index (κ2) is 6.55. The Morgan fingerprint density at radius 2 is 2.06 bits per heavy atom. The van der Waals surface area contributed by atoms with Crippen LogP contribution in [0.2, 0.25) is 0 Å². The highest BCUT2D eigenvalue weighted by Crippen LogP contribution is 2.19. The number of nitrogens with one attached hydrogen (secondary N) is 1. The Labute approximate surface area is 103 Å². The van der Waals surface area contributed by atoms with Crippen molar-refractivity contribution in [1.82, 2.24) is 10.2 Å². The Kier molecular flexibility index (Phi) is 5.35. The third kappa shape index (κ3) is 3.97. The zero-order valence-corrected chi connectivity index (χ0v) is 10.7. The summed E-state index contributed by atoms with van der Waals surface area (Å²) in [4.78, 5) is 25.1. The molecule has 1 saturated heterocycles. The first kappa shape index (κ1) is 13.9. The number of Topliss-reactive ketones (excluding diaryl/α,β-unsaturated/α-hetero) is 1. The topological polar surface area (TPSA) is 49.4 Å². The summed E-state index contributed by atoms with van der Waals surface area (Å²) in [5, 5.41) is 2.80. The van der Waals surface area contributed by atoms with Crippen molar-refractivity contribution < 1.29 is 9.59 Å². The smallest absolute Gasteiger partial charge is 0.237 e. The maximum atomic E-state index is 11.7. The first-order chi connectivity index (χ1) is 8.06. The summed E-state index contributed by atoms with van der Waals surface area (Å²) in [6, 6.07) is -0.122. The van der Waals surface area contributed by atoms with E-state index in [1.165, 1.54) is 0 Å². The maximum Gasteiger partial charge on any atom is 0.237 e. The number of piperidine rings is 1. The summed E-state index contributed by atoms with van der Waals surface area (Å²) in [6.07, 6.45) is 3.41. The van der Waals surface area contributed by atoms with Crippen LogP contribution in [0.25, 0.3) is 0 Å². The zero-order valence-electron chi connectivity index (χ0n) is 10.7. The van der Waals surface area contributed by atoms with Crippen molar-refractivity contribution >= 4 is 11.7 Å². The minimum atomic E-state index is -0.122. The van der Waals surface area contributed by atoms with Crippen LogP contribution in [0.3, 0.4) is 0 Å². The number of rotatable bonds is 5. The average molecular weight is 238 g/mol. The summed E-state index contributed by atoms with van der Waals surface area (Å²) < 4.78 is 0. The van der Waals surface area contributed by atoms with Crippen LogP contribution in [-0.2, 0) is 9.59 Å². The largest absolute Gasteiger partial charge is 0.351 e. The lowest BCUT2D eigenvalue weighted by atomic mass is 9.92. The highest BCUT2D eigenvalue weighted by molar-refractivity contribution is 5.81. The van der Waals surface area contributed by atoms with Crippen molar-refractivity contribution in [3.8, 4) is 0 Å². The highest BCUT2D eigenvalue weighted by atomic mass is 16.2. The lowest BCUT2D eigenvalue weighted by Gasteiger charge is -2.34. The minimum absolute atomic E-state index is 0.0335. The summed E-state index contributed by atoms with van der Waals surface area (Å²) >= 11 is 0. The fourth-order valence-corrected chi connectivity index (χ4v) is 2.18. The number of amides is 1. The fraction of sp³-hybridized carbons (Fsp3) is 0.692. The van der Waals surface area contributed by atoms with Crippen molar-refractivity contribution in [2.75, 3.05) is 19.6 Å². The molecule has 1 amide bonds. The van der Waals surface area contributed by atoms with Crippen molar-refractivity contribution in [1.29, 1.82) is 0 Å². The maximum absolute atomic E-state index is 11.7. The molecule has 0 saturated carbocycles. The molecule has 96 valence electrons. The molecule has 0 aliphatic carbocycles. The molecule has 0 aromatic rings. The Hall–Kier alpha value is -1.16. The Morgan fingerprint density at radius 3 is 2.53 bits per heavy atom. The quantitative estimate of drug-likeness (QED) is 0.726. The van der Waals surface area contributed by atoms with Gasteiger partial charge in [-0.25, -0.2) is 0 Å². The van der Waals surface area contributed by atoms with E-state index in [0.29, 0.717) is 6.54 Å². The van der Waals surface area contributed by atoms with Gasteiger partial charge in [0.1, 0.15) is 5.78 Å². The lowest BCUT2D eigenvalue weighted by molar-refractivity contribution is -0.127. The van der Waals surface area contributed by atoms with Crippen LogP contribution in [0, 0.1) is 5.92 Å². The molecule has 1 N–H and O–H groups in total. The molecule has 4 heteroatoms. The molecule has 1 aliphatic heterocycles. The van der Waals surface area contributed by atoms with Gasteiger partial charge in [-0.1, -0.05) is 6.08 Å². The molecule has 1 unspecified atom stereocenters. The fourth-order valence-electron chi connectivity index (χ4n) is 2.18. The van der Waals surface area contributed by atoms with Gasteiger partial charge in [-0.2, -0.15) is 0 Å². The SMILES string of the molecule is C=CCNC(=O)C(C)N1CCC(C(C)=O)CC1. The van der Waals surface area contributed by atoms with Crippen LogP contribution in [0.5, 0.6) is 0 Å². The number of nitrogens with zero attached hydrogens (tertiary/aromatic N) is 1. The van der Waals surface area contributed by atoms with E-state index in [1.54, 1.807) is 13.0 Å². The number of likely N-dealkylation sites (tertiary alicyclic amines) is 1. The van der Waals surface area contributed by atoms with Crippen molar-refractivity contribution in [2.45, 2.75) is 32.7 Å². The average Bonchev–Trinajstić information content (AvgIpc) is 2.35. The van der Waals surface area contributed by atoms with Gasteiger partial charge < -0.3 is 5.32 Å². The monoisotopic (exact) mass is 238 g/mol. The van der Waals surface area contributed by atoms with E-state index in [1.807, 2.05) is 6.92 Å². The van der Waals surface area contributed by atoms with Gasteiger partial charge in [-0.05, 0) is 39.8 Å². The molecular formula is C13H22N2O2. The van der Waals surface area contributed by atoms with Gasteiger partial charge in [-0.15, -0.1) is 6.58 Å². The van der Waals surface area contributed by atoms with Gasteiger partial charge >= 0.3 is 0 Å². The van der Waals surface area contributed by atoms with E-state index in [-0.39, 0.29) is 23.7 Å². The number of carbonyl (C=O) groups excluding carboxylic acids is 2. The molecule has 0 bridgehead atoms. The van der Waals surface area contributed by atoms with E-state index in [9.17, 15) is 9.59 Å². The molecule has 1 atom stereocenters. The first-order valence-corrected chi connectivity index (χ1v) is 6.19. The van der Waals surface area contributed by atoms with E-state index >= 15 is 0 Å². The molecule has 4 nitrogen and oxygen atoms in total. The molecule has 17 heavy (non-hydrogen) atoms. The molecular weight excluding hydrogens is 216 g/mol. The number of carbonyl (C=O) groups is 2. The highest BCUT2D eigenvalue weighted by Gasteiger charge is 2.27. The predicted molar refractivity (Wildman–Crippen MR) is 67.6 cm³/mol. The Balaban J connectivity index is 2.39. The summed E-state index contributed by atoms with van der Waals surface area (Å²) in [5.74, 6) is 0.495. The van der Waals surface area contributed by atoms with Crippen LogP contribution >= 0.6 is 0 Å². The summed E-state index contributed by atoms with van der Waals surface area (Å²) in [5.41, 5.74) is 0. The van der Waals surface area contributed by atoms with Gasteiger partial charge in [0, 0.05) is 12.5 Å². The molecule has 1 aliphatic rings. The van der Waals surface area contributed by atoms with Crippen LogP contribution < -0.4 is 5.32 Å². The van der Waals surface area contributed by atoms with Gasteiger partial charge in [0.25, 0.3) is 0 Å². The van der Waals surface area contributed by atoms with Gasteiger partial charge in [-0.3, -0.25) is 14.5 Å². The minimum Gasteiger partial charge on any atom is -0.351 e. The van der Waals surface area contributed by atoms with Crippen molar-refractivity contribution in [3.05, 3.63) is 12.7 Å². The molecule has 1 fully saturated rings. The summed E-state index contributed by atoms with van der Waals surface area (Å²) in [7, 11) is 0. The second-order valence-corrected chi connectivity index (χ2v) is 4.63. The molecule has 1 heterocycles. The molecule has 1 rings (SSSR count). The molecule has 0 spiro atoms. The van der Waals surface area contributed by atoms with Crippen LogP contribution in [0.4, 0.5) is 0 Å². The first-order valence-electron chi connectivity index (χ1n) is 6.19. The third-order valence-corrected chi connectivity index (χ3v) is 3.45. The molecule has 0 radical (unpaired) electrons. The number of hydrogen-bond donors (Lipinski definition) is 1. The standard InChI is InChI=1S/C13H22N2O2/c1-4-7-14-13(17)10(2)15-8-5-12(6-9-15)11(3)16/h4,10,12H,1,5-9H2,2-3H3,(H,14,17).